The van der Waals surface area contributed by atoms with E-state index in [1.807, 2.05) is 30.9 Å². The molecule has 0 spiro atoms. The molecule has 1 aromatic carbocycles. The van der Waals surface area contributed by atoms with E-state index >= 15 is 0 Å². The number of alkyl halides is 1. The number of hydrogen-bond donors (Lipinski definition) is 3. The van der Waals surface area contributed by atoms with Crippen LogP contribution in [0.15, 0.2) is 36.4 Å². The number of aromatic nitrogens is 1. The summed E-state index contributed by atoms with van der Waals surface area (Å²) in [6.45, 7) is 4.89. The molecule has 2 aromatic rings. The molecule has 2 atom stereocenters. The van der Waals surface area contributed by atoms with Crippen molar-refractivity contribution in [3.05, 3.63) is 46.5 Å². The number of nitrogens with two attached hydrogens (primary N) is 1. The summed E-state index contributed by atoms with van der Waals surface area (Å²) in [6.07, 6.45) is -0.443. The highest BCUT2D eigenvalue weighted by atomic mass is 19.1. The van der Waals surface area contributed by atoms with Crippen LogP contribution in [0.3, 0.4) is 0 Å². The van der Waals surface area contributed by atoms with Gasteiger partial charge >= 0.3 is 5.69 Å². The highest BCUT2D eigenvalue weighted by molar-refractivity contribution is 5.69. The Morgan fingerprint density at radius 2 is 2.00 bits per heavy atom. The third-order valence-corrected chi connectivity index (χ3v) is 4.59. The molecule has 0 saturated carbocycles. The minimum absolute atomic E-state index is 0.108. The Kier molecular flexibility index (Phi) is 5.93. The van der Waals surface area contributed by atoms with Crippen molar-refractivity contribution in [2.75, 3.05) is 28.6 Å². The molecule has 1 fully saturated rings. The van der Waals surface area contributed by atoms with Gasteiger partial charge in [0.15, 0.2) is 0 Å². The van der Waals surface area contributed by atoms with Gasteiger partial charge < -0.3 is 21.3 Å². The van der Waals surface area contributed by atoms with Crippen LogP contribution in [0.25, 0.3) is 0 Å². The maximum absolute atomic E-state index is 13.9. The number of rotatable bonds is 6. The van der Waals surface area contributed by atoms with Gasteiger partial charge in [-0.3, -0.25) is 10.1 Å². The molecule has 9 heteroatoms. The summed E-state index contributed by atoms with van der Waals surface area (Å²) in [5.41, 5.74) is 7.17. The van der Waals surface area contributed by atoms with Crippen LogP contribution in [-0.2, 0) is 0 Å². The number of nitrogens with zero attached hydrogens (tertiary/aromatic N) is 3. The fourth-order valence-electron chi connectivity index (χ4n) is 3.12. The van der Waals surface area contributed by atoms with Gasteiger partial charge in [0, 0.05) is 36.1 Å². The van der Waals surface area contributed by atoms with Crippen LogP contribution in [0, 0.1) is 10.1 Å². The molecule has 1 saturated heterocycles. The Labute approximate surface area is 163 Å². The highest BCUT2D eigenvalue weighted by Crippen LogP contribution is 2.29. The number of anilines is 4. The van der Waals surface area contributed by atoms with Crippen LogP contribution in [0.1, 0.15) is 20.3 Å². The number of nitro groups is 1. The second-order valence-electron chi connectivity index (χ2n) is 7.21. The fourth-order valence-corrected chi connectivity index (χ4v) is 3.12. The topological polar surface area (TPSA) is 109 Å². The molecule has 1 aromatic heterocycles. The molecule has 150 valence electrons. The average Bonchev–Trinajstić information content (AvgIpc) is 2.64. The minimum Gasteiger partial charge on any atom is -0.368 e. The lowest BCUT2D eigenvalue weighted by molar-refractivity contribution is -0.384. The monoisotopic (exact) mass is 388 g/mol. The molecule has 2 unspecified atom stereocenters. The molecule has 8 nitrogen and oxygen atoms in total. The Balaban J connectivity index is 1.77. The number of benzene rings is 1. The highest BCUT2D eigenvalue weighted by Gasteiger charge is 2.26. The zero-order valence-corrected chi connectivity index (χ0v) is 15.9. The molecule has 4 N–H and O–H groups in total. The third kappa shape index (κ3) is 4.66. The number of pyridine rings is 1. The van der Waals surface area contributed by atoms with Gasteiger partial charge in [-0.25, -0.2) is 9.37 Å². The van der Waals surface area contributed by atoms with E-state index in [2.05, 4.69) is 15.6 Å². The lowest BCUT2D eigenvalue weighted by Crippen LogP contribution is -2.48. The SMILES string of the molecule is CC(C)Nc1ccc([N+](=O)[O-])c(Nc2ccc(N3CCC(N)C(F)C3)cc2)n1. The predicted octanol–water partition coefficient (Wildman–Crippen LogP) is 3.43. The first-order valence-electron chi connectivity index (χ1n) is 9.27. The van der Waals surface area contributed by atoms with Crippen molar-refractivity contribution in [2.24, 2.45) is 5.73 Å². The van der Waals surface area contributed by atoms with Crippen molar-refractivity contribution in [1.29, 1.82) is 0 Å². The zero-order valence-electron chi connectivity index (χ0n) is 15.9. The van der Waals surface area contributed by atoms with Gasteiger partial charge in [-0.2, -0.15) is 0 Å². The second kappa shape index (κ2) is 8.39. The molecule has 0 aliphatic carbocycles. The van der Waals surface area contributed by atoms with Gasteiger partial charge in [0.05, 0.1) is 11.5 Å². The molecule has 0 amide bonds. The third-order valence-electron chi connectivity index (χ3n) is 4.59. The van der Waals surface area contributed by atoms with Gasteiger partial charge in [-0.15, -0.1) is 0 Å². The van der Waals surface area contributed by atoms with Crippen LogP contribution in [0.5, 0.6) is 0 Å². The number of halogens is 1. The average molecular weight is 388 g/mol. The molecule has 2 heterocycles. The maximum Gasteiger partial charge on any atom is 0.311 e. The van der Waals surface area contributed by atoms with E-state index in [0.717, 1.165) is 5.69 Å². The largest absolute Gasteiger partial charge is 0.368 e. The molecule has 1 aliphatic rings. The second-order valence-corrected chi connectivity index (χ2v) is 7.21. The first-order valence-corrected chi connectivity index (χ1v) is 9.27. The summed E-state index contributed by atoms with van der Waals surface area (Å²) < 4.78 is 13.9. The first-order chi connectivity index (χ1) is 13.3. The van der Waals surface area contributed by atoms with Crippen LogP contribution in [0.4, 0.5) is 33.1 Å². The van der Waals surface area contributed by atoms with Crippen LogP contribution in [0.2, 0.25) is 0 Å². The van der Waals surface area contributed by atoms with Crippen molar-refractivity contribution in [3.63, 3.8) is 0 Å². The van der Waals surface area contributed by atoms with Crippen LogP contribution in [-0.4, -0.2) is 41.3 Å². The molecular weight excluding hydrogens is 363 g/mol. The summed E-state index contributed by atoms with van der Waals surface area (Å²) in [5, 5.41) is 17.5. The first kappa shape index (κ1) is 19.8. The van der Waals surface area contributed by atoms with Crippen molar-refractivity contribution in [1.82, 2.24) is 4.98 Å². The summed E-state index contributed by atoms with van der Waals surface area (Å²) in [4.78, 5) is 17.1. The quantitative estimate of drug-likeness (QED) is 0.514. The van der Waals surface area contributed by atoms with Crippen molar-refractivity contribution in [3.8, 4) is 0 Å². The van der Waals surface area contributed by atoms with Crippen LogP contribution < -0.4 is 21.3 Å². The summed E-state index contributed by atoms with van der Waals surface area (Å²) in [7, 11) is 0. The smallest absolute Gasteiger partial charge is 0.311 e. The predicted molar refractivity (Wildman–Crippen MR) is 109 cm³/mol. The Morgan fingerprint density at radius 1 is 1.29 bits per heavy atom. The molecule has 28 heavy (non-hydrogen) atoms. The number of piperidine rings is 1. The van der Waals surface area contributed by atoms with Crippen molar-refractivity contribution in [2.45, 2.75) is 38.5 Å². The lowest BCUT2D eigenvalue weighted by atomic mass is 10.0. The van der Waals surface area contributed by atoms with Crippen molar-refractivity contribution >= 4 is 28.7 Å². The molecule has 1 aliphatic heterocycles. The van der Waals surface area contributed by atoms with E-state index in [1.165, 1.54) is 6.07 Å². The van der Waals surface area contributed by atoms with Gasteiger partial charge in [-0.05, 0) is 50.6 Å². The standard InChI is InChI=1S/C19H25FN6O2/c1-12(2)22-18-8-7-17(26(27)28)19(24-18)23-13-3-5-14(6-4-13)25-10-9-16(21)15(20)11-25/h3-8,12,15-16H,9-11,21H2,1-2H3,(H2,22,23,24). The van der Waals surface area contributed by atoms with Gasteiger partial charge in [0.25, 0.3) is 0 Å². The lowest BCUT2D eigenvalue weighted by Gasteiger charge is -2.34. The Morgan fingerprint density at radius 3 is 2.61 bits per heavy atom. The van der Waals surface area contributed by atoms with E-state index in [-0.39, 0.29) is 24.1 Å². The van der Waals surface area contributed by atoms with Gasteiger partial charge in [-0.1, -0.05) is 0 Å². The fraction of sp³-hybridized carbons (Fsp3) is 0.421. The maximum atomic E-state index is 13.9. The number of hydrogen-bond acceptors (Lipinski definition) is 7. The summed E-state index contributed by atoms with van der Waals surface area (Å²) in [5.74, 6) is 0.717. The normalized spacial score (nSPS) is 19.5. The summed E-state index contributed by atoms with van der Waals surface area (Å²) >= 11 is 0. The van der Waals surface area contributed by atoms with E-state index in [0.29, 0.717) is 24.5 Å². The van der Waals surface area contributed by atoms with E-state index < -0.39 is 17.1 Å². The zero-order chi connectivity index (χ0) is 20.3. The van der Waals surface area contributed by atoms with Gasteiger partial charge in [0.1, 0.15) is 12.0 Å². The van der Waals surface area contributed by atoms with Gasteiger partial charge in [0.2, 0.25) is 5.82 Å². The minimum atomic E-state index is -1.05. The molecular formula is C19H25FN6O2. The Hall–Kier alpha value is -2.94. The molecule has 0 bridgehead atoms. The van der Waals surface area contributed by atoms with E-state index in [4.69, 9.17) is 5.73 Å². The van der Waals surface area contributed by atoms with Crippen LogP contribution >= 0.6 is 0 Å². The van der Waals surface area contributed by atoms with E-state index in [1.54, 1.807) is 18.2 Å². The number of nitrogens with one attached hydrogen (secondary N) is 2. The summed E-state index contributed by atoms with van der Waals surface area (Å²) in [6, 6.07) is 10.1. The molecule has 3 rings (SSSR count). The van der Waals surface area contributed by atoms with Crippen molar-refractivity contribution < 1.29 is 9.31 Å². The molecule has 0 radical (unpaired) electrons. The van der Waals surface area contributed by atoms with E-state index in [9.17, 15) is 14.5 Å². The Bertz CT molecular complexity index is 830.